The number of aryl methyl sites for hydroxylation is 1. The predicted molar refractivity (Wildman–Crippen MR) is 91.1 cm³/mol. The van der Waals surface area contributed by atoms with Crippen LogP contribution in [0, 0.1) is 6.92 Å². The van der Waals surface area contributed by atoms with Gasteiger partial charge < -0.3 is 5.11 Å². The Morgan fingerprint density at radius 3 is 2.88 bits per heavy atom. The number of carboxylic acid groups (broad SMARTS) is 1. The van der Waals surface area contributed by atoms with E-state index in [-0.39, 0.29) is 18.9 Å². The smallest absolute Gasteiger partial charge is 0.407 e. The van der Waals surface area contributed by atoms with E-state index >= 15 is 0 Å². The highest BCUT2D eigenvalue weighted by atomic mass is 35.5. The normalized spacial score (nSPS) is 20.4. The van der Waals surface area contributed by atoms with Gasteiger partial charge in [0.2, 0.25) is 0 Å². The number of hydrogen-bond donors (Lipinski definition) is 2. The van der Waals surface area contributed by atoms with Gasteiger partial charge in [0.05, 0.1) is 24.3 Å². The van der Waals surface area contributed by atoms with Crippen LogP contribution < -0.4 is 5.32 Å². The van der Waals surface area contributed by atoms with Gasteiger partial charge in [0.15, 0.2) is 5.13 Å². The Bertz CT molecular complexity index is 794. The average Bonchev–Trinajstić information content (AvgIpc) is 3.18. The van der Waals surface area contributed by atoms with Crippen molar-refractivity contribution in [3.63, 3.8) is 0 Å². The van der Waals surface area contributed by atoms with Crippen LogP contribution in [0.5, 0.6) is 0 Å². The second-order valence-corrected chi connectivity index (χ2v) is 8.28. The number of carbonyl (C=O) groups is 2. The van der Waals surface area contributed by atoms with Crippen LogP contribution in [0.4, 0.5) is 14.3 Å². The van der Waals surface area contributed by atoms with Gasteiger partial charge in [-0.15, -0.1) is 11.3 Å². The Labute approximate surface area is 149 Å². The lowest BCUT2D eigenvalue weighted by Crippen LogP contribution is -2.29. The van der Waals surface area contributed by atoms with Crippen molar-refractivity contribution in [1.82, 2.24) is 9.88 Å². The van der Waals surface area contributed by atoms with Crippen LogP contribution in [-0.2, 0) is 0 Å². The SMILES string of the molecule is Cc1sc([C@@H]2C[C@@H](F)CN2C(=O)O)cc1C(=O)Nc1ncc(Cl)s1. The molecule has 0 radical (unpaired) electrons. The number of carbonyl (C=O) groups excluding carboxylic acids is 1. The fraction of sp³-hybridized carbons (Fsp3) is 0.357. The van der Waals surface area contributed by atoms with Gasteiger partial charge in [-0.05, 0) is 13.0 Å². The quantitative estimate of drug-likeness (QED) is 0.824. The van der Waals surface area contributed by atoms with E-state index < -0.39 is 18.3 Å². The van der Waals surface area contributed by atoms with E-state index in [0.29, 0.717) is 19.9 Å². The molecular formula is C14H13ClFN3O3S2. The molecule has 0 bridgehead atoms. The molecular weight excluding hydrogens is 377 g/mol. The van der Waals surface area contributed by atoms with Crippen molar-refractivity contribution in [2.45, 2.75) is 25.6 Å². The van der Waals surface area contributed by atoms with Crippen LogP contribution in [0.3, 0.4) is 0 Å². The number of anilines is 1. The number of thiazole rings is 1. The number of aromatic nitrogens is 1. The van der Waals surface area contributed by atoms with E-state index in [1.807, 2.05) is 0 Å². The van der Waals surface area contributed by atoms with Crippen LogP contribution in [0.2, 0.25) is 4.34 Å². The van der Waals surface area contributed by atoms with Crippen molar-refractivity contribution in [1.29, 1.82) is 0 Å². The van der Waals surface area contributed by atoms with Crippen LogP contribution in [0.25, 0.3) is 0 Å². The Balaban J connectivity index is 1.82. The van der Waals surface area contributed by atoms with E-state index in [4.69, 9.17) is 11.6 Å². The number of likely N-dealkylation sites (tertiary alicyclic amines) is 1. The molecule has 0 aliphatic carbocycles. The van der Waals surface area contributed by atoms with Gasteiger partial charge in [-0.3, -0.25) is 15.0 Å². The summed E-state index contributed by atoms with van der Waals surface area (Å²) in [5, 5.41) is 12.2. The lowest BCUT2D eigenvalue weighted by Gasteiger charge is -2.19. The topological polar surface area (TPSA) is 82.5 Å². The van der Waals surface area contributed by atoms with E-state index in [1.165, 1.54) is 17.5 Å². The fourth-order valence-electron chi connectivity index (χ4n) is 2.64. The lowest BCUT2D eigenvalue weighted by atomic mass is 10.1. The Morgan fingerprint density at radius 1 is 1.50 bits per heavy atom. The van der Waals surface area contributed by atoms with Crippen molar-refractivity contribution in [2.75, 3.05) is 11.9 Å². The number of nitrogens with zero attached hydrogens (tertiary/aromatic N) is 2. The number of amides is 2. The number of rotatable bonds is 3. The molecule has 24 heavy (non-hydrogen) atoms. The Hall–Kier alpha value is -1.71. The first-order chi connectivity index (χ1) is 11.3. The lowest BCUT2D eigenvalue weighted by molar-refractivity contribution is 0.102. The van der Waals surface area contributed by atoms with Gasteiger partial charge in [0, 0.05) is 16.2 Å². The summed E-state index contributed by atoms with van der Waals surface area (Å²) in [6.45, 7) is 1.63. The Morgan fingerprint density at radius 2 is 2.25 bits per heavy atom. The number of nitrogens with one attached hydrogen (secondary N) is 1. The number of thiophene rings is 1. The first-order valence-corrected chi connectivity index (χ1v) is 9.03. The molecule has 1 fully saturated rings. The van der Waals surface area contributed by atoms with E-state index in [2.05, 4.69) is 10.3 Å². The molecule has 3 heterocycles. The molecule has 0 aromatic carbocycles. The van der Waals surface area contributed by atoms with Crippen molar-refractivity contribution in [2.24, 2.45) is 0 Å². The van der Waals surface area contributed by atoms with Gasteiger partial charge in [-0.2, -0.15) is 0 Å². The minimum atomic E-state index is -1.19. The zero-order valence-electron chi connectivity index (χ0n) is 12.5. The second-order valence-electron chi connectivity index (χ2n) is 5.33. The summed E-state index contributed by atoms with van der Waals surface area (Å²) in [6.07, 6.45) is -0.800. The van der Waals surface area contributed by atoms with E-state index in [1.54, 1.807) is 13.0 Å². The molecule has 3 rings (SSSR count). The monoisotopic (exact) mass is 389 g/mol. The molecule has 0 unspecified atom stereocenters. The van der Waals surface area contributed by atoms with Gasteiger partial charge >= 0.3 is 6.09 Å². The second kappa shape index (κ2) is 6.66. The van der Waals surface area contributed by atoms with E-state index in [9.17, 15) is 19.1 Å². The fourth-order valence-corrected chi connectivity index (χ4v) is 4.60. The molecule has 1 aliphatic rings. The summed E-state index contributed by atoms with van der Waals surface area (Å²) in [6, 6.07) is 1.07. The predicted octanol–water partition coefficient (Wildman–Crippen LogP) is 4.18. The van der Waals surface area contributed by atoms with Crippen molar-refractivity contribution < 1.29 is 19.1 Å². The summed E-state index contributed by atoms with van der Waals surface area (Å²) in [4.78, 5) is 30.1. The summed E-state index contributed by atoms with van der Waals surface area (Å²) in [5.41, 5.74) is 0.425. The van der Waals surface area contributed by atoms with Crippen molar-refractivity contribution >= 4 is 51.4 Å². The zero-order chi connectivity index (χ0) is 17.4. The molecule has 2 atom stereocenters. The standard InChI is InChI=1S/C14H13ClFN3O3S2/c1-6-8(12(20)18-13-17-4-11(15)24-13)3-10(23-6)9-2-7(16)5-19(9)14(21)22/h3-4,7,9H,2,5H2,1H3,(H,21,22)(H,17,18,20)/t7-,9+/m1/s1. The molecule has 10 heteroatoms. The van der Waals surface area contributed by atoms with Crippen LogP contribution >= 0.6 is 34.3 Å². The molecule has 2 aromatic heterocycles. The van der Waals surface area contributed by atoms with Crippen molar-refractivity contribution in [3.8, 4) is 0 Å². The van der Waals surface area contributed by atoms with Gasteiger partial charge in [0.25, 0.3) is 5.91 Å². The maximum atomic E-state index is 13.6. The van der Waals surface area contributed by atoms with Gasteiger partial charge in [0.1, 0.15) is 10.5 Å². The molecule has 2 aromatic rings. The highest BCUT2D eigenvalue weighted by Gasteiger charge is 2.37. The van der Waals surface area contributed by atoms with E-state index in [0.717, 1.165) is 21.1 Å². The molecule has 2 amide bonds. The Kier molecular flexibility index (Phi) is 4.75. The average molecular weight is 390 g/mol. The molecule has 2 N–H and O–H groups in total. The summed E-state index contributed by atoms with van der Waals surface area (Å²) < 4.78 is 14.1. The highest BCUT2D eigenvalue weighted by molar-refractivity contribution is 7.19. The summed E-state index contributed by atoms with van der Waals surface area (Å²) in [7, 11) is 0. The van der Waals surface area contributed by atoms with Crippen LogP contribution in [0.15, 0.2) is 12.3 Å². The molecule has 0 saturated carbocycles. The maximum Gasteiger partial charge on any atom is 0.407 e. The van der Waals surface area contributed by atoms with Gasteiger partial charge in [-0.1, -0.05) is 22.9 Å². The molecule has 0 spiro atoms. The highest BCUT2D eigenvalue weighted by Crippen LogP contribution is 2.38. The first-order valence-electron chi connectivity index (χ1n) is 7.01. The molecule has 6 nitrogen and oxygen atoms in total. The summed E-state index contributed by atoms with van der Waals surface area (Å²) >= 11 is 8.23. The largest absolute Gasteiger partial charge is 0.465 e. The summed E-state index contributed by atoms with van der Waals surface area (Å²) in [5.74, 6) is -0.349. The number of hydrogen-bond acceptors (Lipinski definition) is 5. The molecule has 1 saturated heterocycles. The number of alkyl halides is 1. The minimum Gasteiger partial charge on any atom is -0.465 e. The third kappa shape index (κ3) is 3.38. The van der Waals surface area contributed by atoms with Crippen LogP contribution in [-0.4, -0.2) is 39.7 Å². The third-order valence-electron chi connectivity index (χ3n) is 3.70. The minimum absolute atomic E-state index is 0.107. The first kappa shape index (κ1) is 17.1. The molecule has 128 valence electrons. The van der Waals surface area contributed by atoms with Crippen molar-refractivity contribution in [3.05, 3.63) is 31.9 Å². The number of halogens is 2. The third-order valence-corrected chi connectivity index (χ3v) is 5.89. The molecule has 1 aliphatic heterocycles. The zero-order valence-corrected chi connectivity index (χ0v) is 14.8. The van der Waals surface area contributed by atoms with Gasteiger partial charge in [-0.25, -0.2) is 14.2 Å². The maximum absolute atomic E-state index is 13.6. The van der Waals surface area contributed by atoms with Crippen LogP contribution in [0.1, 0.15) is 32.6 Å².